The summed E-state index contributed by atoms with van der Waals surface area (Å²) in [4.78, 5) is 15.4. The quantitative estimate of drug-likeness (QED) is 0.685. The fourth-order valence-electron chi connectivity index (χ4n) is 3.44. The molecule has 1 saturated heterocycles. The number of likely N-dealkylation sites (tertiary alicyclic amines) is 1. The Bertz CT molecular complexity index is 771. The third-order valence-electron chi connectivity index (χ3n) is 5.28. The molecule has 1 aliphatic heterocycles. The molecule has 2 nitrogen and oxygen atoms in total. The van der Waals surface area contributed by atoms with Crippen molar-refractivity contribution in [3.05, 3.63) is 81.9 Å². The van der Waals surface area contributed by atoms with Crippen LogP contribution >= 0.6 is 0 Å². The minimum atomic E-state index is 0.179. The van der Waals surface area contributed by atoms with Gasteiger partial charge in [0.15, 0.2) is 5.78 Å². The van der Waals surface area contributed by atoms with Crippen molar-refractivity contribution in [2.75, 3.05) is 19.6 Å². The summed E-state index contributed by atoms with van der Waals surface area (Å²) in [5, 5.41) is 0. The van der Waals surface area contributed by atoms with Crippen LogP contribution in [-0.4, -0.2) is 30.3 Å². The van der Waals surface area contributed by atoms with E-state index in [1.165, 1.54) is 11.1 Å². The summed E-state index contributed by atoms with van der Waals surface area (Å²) in [5.74, 6) is 0.179. The summed E-state index contributed by atoms with van der Waals surface area (Å²) in [5.41, 5.74) is 6.59. The van der Waals surface area contributed by atoms with Gasteiger partial charge in [0.2, 0.25) is 0 Å². The van der Waals surface area contributed by atoms with Crippen molar-refractivity contribution in [3.63, 3.8) is 0 Å². The Morgan fingerprint density at radius 2 is 1.15 bits per heavy atom. The maximum Gasteiger partial charge on any atom is 0.187 e. The number of benzene rings is 2. The number of likely N-dealkylation sites (N-methyl/N-ethyl adjacent to an activating group) is 1. The van der Waals surface area contributed by atoms with E-state index in [0.717, 1.165) is 54.7 Å². The number of Topliss-reactive ketones (excluding diaryl/α,β-unsaturated/α-hetero) is 1. The molecule has 0 aromatic heterocycles. The van der Waals surface area contributed by atoms with Crippen molar-refractivity contribution >= 4 is 17.9 Å². The minimum absolute atomic E-state index is 0.179. The molecule has 0 unspecified atom stereocenters. The van der Waals surface area contributed by atoms with Crippen LogP contribution in [0.1, 0.15) is 43.0 Å². The van der Waals surface area contributed by atoms with E-state index in [-0.39, 0.29) is 5.78 Å². The van der Waals surface area contributed by atoms with Crippen LogP contribution in [0.15, 0.2) is 59.7 Å². The van der Waals surface area contributed by atoms with Crippen molar-refractivity contribution < 1.29 is 4.79 Å². The Hall–Kier alpha value is -2.45. The first-order chi connectivity index (χ1) is 13.1. The molecule has 1 fully saturated rings. The molecule has 27 heavy (non-hydrogen) atoms. The van der Waals surface area contributed by atoms with Crippen LogP contribution in [-0.2, 0) is 17.6 Å². The predicted molar refractivity (Wildman–Crippen MR) is 115 cm³/mol. The SMILES string of the molecule is CCc1ccc(C=C2CN(CC)CC(=Cc3ccc(CC)cc3)C2=O)cc1. The molecule has 1 heterocycles. The normalized spacial score (nSPS) is 18.4. The molecular formula is C25H29NO. The standard InChI is InChI=1S/C25H29NO/c1-4-19-7-11-21(12-8-19)15-23-17-26(6-3)18-24(25(23)27)16-22-13-9-20(5-2)10-14-22/h7-16H,4-6,17-18H2,1-3H3. The highest BCUT2D eigenvalue weighted by Gasteiger charge is 2.25. The zero-order chi connectivity index (χ0) is 19.2. The fraction of sp³-hybridized carbons (Fsp3) is 0.320. The largest absolute Gasteiger partial charge is 0.295 e. The number of rotatable bonds is 5. The maximum absolute atomic E-state index is 13.1. The Kier molecular flexibility index (Phi) is 6.41. The van der Waals surface area contributed by atoms with E-state index in [1.807, 2.05) is 0 Å². The van der Waals surface area contributed by atoms with Gasteiger partial charge in [0.05, 0.1) is 0 Å². The lowest BCUT2D eigenvalue weighted by Gasteiger charge is -2.28. The summed E-state index contributed by atoms with van der Waals surface area (Å²) >= 11 is 0. The number of carbonyl (C=O) groups is 1. The number of hydrogen-bond acceptors (Lipinski definition) is 2. The number of piperidine rings is 1. The van der Waals surface area contributed by atoms with Gasteiger partial charge in [-0.2, -0.15) is 0 Å². The molecular weight excluding hydrogens is 330 g/mol. The van der Waals surface area contributed by atoms with E-state index in [1.54, 1.807) is 0 Å². The molecule has 0 N–H and O–H groups in total. The van der Waals surface area contributed by atoms with Gasteiger partial charge in [0, 0.05) is 24.2 Å². The predicted octanol–water partition coefficient (Wildman–Crippen LogP) is 5.18. The van der Waals surface area contributed by atoms with Gasteiger partial charge < -0.3 is 0 Å². The second-order valence-electron chi connectivity index (χ2n) is 7.16. The highest BCUT2D eigenvalue weighted by Crippen LogP contribution is 2.22. The molecule has 1 aliphatic rings. The van der Waals surface area contributed by atoms with Gasteiger partial charge in [-0.1, -0.05) is 69.3 Å². The topological polar surface area (TPSA) is 20.3 Å². The van der Waals surface area contributed by atoms with Crippen LogP contribution in [0.3, 0.4) is 0 Å². The lowest BCUT2D eigenvalue weighted by Crippen LogP contribution is -2.37. The minimum Gasteiger partial charge on any atom is -0.295 e. The van der Waals surface area contributed by atoms with Crippen molar-refractivity contribution in [1.29, 1.82) is 0 Å². The zero-order valence-electron chi connectivity index (χ0n) is 16.7. The second-order valence-corrected chi connectivity index (χ2v) is 7.16. The lowest BCUT2D eigenvalue weighted by atomic mass is 9.94. The first kappa shape index (κ1) is 19.3. The average molecular weight is 360 g/mol. The zero-order valence-corrected chi connectivity index (χ0v) is 16.7. The van der Waals surface area contributed by atoms with Crippen molar-refractivity contribution in [2.24, 2.45) is 0 Å². The molecule has 0 saturated carbocycles. The van der Waals surface area contributed by atoms with E-state index in [2.05, 4.69) is 86.4 Å². The Labute approximate surface area is 163 Å². The average Bonchev–Trinajstić information content (AvgIpc) is 2.72. The molecule has 0 bridgehead atoms. The van der Waals surface area contributed by atoms with Crippen molar-refractivity contribution in [2.45, 2.75) is 33.6 Å². The van der Waals surface area contributed by atoms with Crippen molar-refractivity contribution in [1.82, 2.24) is 4.90 Å². The van der Waals surface area contributed by atoms with E-state index >= 15 is 0 Å². The molecule has 2 aromatic rings. The number of ketones is 1. The van der Waals surface area contributed by atoms with Gasteiger partial charge in [-0.05, 0) is 53.8 Å². The van der Waals surface area contributed by atoms with Gasteiger partial charge in [-0.25, -0.2) is 0 Å². The number of aryl methyl sites for hydroxylation is 2. The molecule has 0 atom stereocenters. The molecule has 0 aliphatic carbocycles. The van der Waals surface area contributed by atoms with Crippen LogP contribution in [0.25, 0.3) is 12.2 Å². The summed E-state index contributed by atoms with van der Waals surface area (Å²) in [6.07, 6.45) is 6.17. The fourth-order valence-corrected chi connectivity index (χ4v) is 3.44. The summed E-state index contributed by atoms with van der Waals surface area (Å²) in [6, 6.07) is 17.0. The van der Waals surface area contributed by atoms with Gasteiger partial charge in [0.25, 0.3) is 0 Å². The smallest absolute Gasteiger partial charge is 0.187 e. The summed E-state index contributed by atoms with van der Waals surface area (Å²) in [6.45, 7) is 8.83. The Balaban J connectivity index is 1.89. The monoisotopic (exact) mass is 359 g/mol. The molecule has 0 spiro atoms. The van der Waals surface area contributed by atoms with Gasteiger partial charge in [-0.15, -0.1) is 0 Å². The second kappa shape index (κ2) is 8.96. The molecule has 2 aromatic carbocycles. The van der Waals surface area contributed by atoms with Crippen LogP contribution in [0, 0.1) is 0 Å². The van der Waals surface area contributed by atoms with Gasteiger partial charge in [0.1, 0.15) is 0 Å². The number of hydrogen-bond donors (Lipinski definition) is 0. The number of nitrogens with zero attached hydrogens (tertiary/aromatic N) is 1. The highest BCUT2D eigenvalue weighted by atomic mass is 16.1. The van der Waals surface area contributed by atoms with E-state index in [0.29, 0.717) is 0 Å². The van der Waals surface area contributed by atoms with E-state index in [4.69, 9.17) is 0 Å². The molecule has 140 valence electrons. The highest BCUT2D eigenvalue weighted by molar-refractivity contribution is 6.14. The molecule has 2 heteroatoms. The van der Waals surface area contributed by atoms with Crippen LogP contribution in [0.5, 0.6) is 0 Å². The molecule has 3 rings (SSSR count). The van der Waals surface area contributed by atoms with Crippen molar-refractivity contribution in [3.8, 4) is 0 Å². The Morgan fingerprint density at radius 3 is 1.48 bits per heavy atom. The lowest BCUT2D eigenvalue weighted by molar-refractivity contribution is -0.113. The Morgan fingerprint density at radius 1 is 0.741 bits per heavy atom. The molecule has 0 radical (unpaired) electrons. The maximum atomic E-state index is 13.1. The van der Waals surface area contributed by atoms with Gasteiger partial charge >= 0.3 is 0 Å². The summed E-state index contributed by atoms with van der Waals surface area (Å²) in [7, 11) is 0. The first-order valence-electron chi connectivity index (χ1n) is 9.99. The molecule has 0 amide bonds. The third-order valence-corrected chi connectivity index (χ3v) is 5.28. The van der Waals surface area contributed by atoms with Gasteiger partial charge in [-0.3, -0.25) is 9.69 Å². The number of carbonyl (C=O) groups excluding carboxylic acids is 1. The first-order valence-corrected chi connectivity index (χ1v) is 9.99. The van der Waals surface area contributed by atoms with E-state index < -0.39 is 0 Å². The van der Waals surface area contributed by atoms with Crippen LogP contribution in [0.4, 0.5) is 0 Å². The van der Waals surface area contributed by atoms with Crippen LogP contribution in [0.2, 0.25) is 0 Å². The van der Waals surface area contributed by atoms with Crippen LogP contribution < -0.4 is 0 Å². The third kappa shape index (κ3) is 4.84. The summed E-state index contributed by atoms with van der Waals surface area (Å²) < 4.78 is 0. The van der Waals surface area contributed by atoms with E-state index in [9.17, 15) is 4.79 Å².